The molecule has 2 atom stereocenters. The minimum Gasteiger partial charge on any atom is -0.469 e. The van der Waals surface area contributed by atoms with Gasteiger partial charge in [-0.05, 0) is 36.5 Å². The Labute approximate surface area is 160 Å². The van der Waals surface area contributed by atoms with Crippen LogP contribution < -0.4 is 10.6 Å². The van der Waals surface area contributed by atoms with Crippen molar-refractivity contribution in [3.05, 3.63) is 65.7 Å². The van der Waals surface area contributed by atoms with Gasteiger partial charge in [-0.3, -0.25) is 9.59 Å². The maximum Gasteiger partial charge on any atom is 0.314 e. The third-order valence-corrected chi connectivity index (χ3v) is 5.22. The Morgan fingerprint density at radius 1 is 0.926 bits per heavy atom. The van der Waals surface area contributed by atoms with E-state index in [1.807, 2.05) is 54.6 Å². The molecule has 0 aromatic heterocycles. The summed E-state index contributed by atoms with van der Waals surface area (Å²) in [7, 11) is 1.35. The van der Waals surface area contributed by atoms with Crippen LogP contribution in [-0.2, 0) is 14.3 Å². The number of esters is 1. The van der Waals surface area contributed by atoms with Crippen LogP contribution in [0.4, 0.5) is 5.69 Å². The number of primary amides is 1. The smallest absolute Gasteiger partial charge is 0.314 e. The van der Waals surface area contributed by atoms with E-state index in [4.69, 9.17) is 10.5 Å². The normalized spacial score (nSPS) is 16.4. The molecule has 1 saturated heterocycles. The van der Waals surface area contributed by atoms with Crippen molar-refractivity contribution < 1.29 is 14.3 Å². The van der Waals surface area contributed by atoms with Crippen LogP contribution in [0.3, 0.4) is 0 Å². The average molecular weight is 366 g/mol. The van der Waals surface area contributed by atoms with Gasteiger partial charge in [-0.1, -0.05) is 48.5 Å². The van der Waals surface area contributed by atoms with Crippen molar-refractivity contribution in [3.63, 3.8) is 0 Å². The van der Waals surface area contributed by atoms with Gasteiger partial charge in [0.05, 0.1) is 18.9 Å². The minimum absolute atomic E-state index is 0.452. The second-order valence-electron chi connectivity index (χ2n) is 6.90. The molecular formula is C22H26N2O3. The number of carbonyl (C=O) groups excluding carboxylic acids is 2. The molecular weight excluding hydrogens is 340 g/mol. The van der Waals surface area contributed by atoms with Crippen LogP contribution in [0.15, 0.2) is 54.6 Å². The Balaban J connectivity index is 2.10. The summed E-state index contributed by atoms with van der Waals surface area (Å²) in [5.74, 6) is -2.56. The number of para-hydroxylation sites is 1. The van der Waals surface area contributed by atoms with Gasteiger partial charge in [-0.25, -0.2) is 0 Å². The first-order valence-corrected chi connectivity index (χ1v) is 9.39. The van der Waals surface area contributed by atoms with Crippen molar-refractivity contribution in [2.45, 2.75) is 31.1 Å². The van der Waals surface area contributed by atoms with Gasteiger partial charge in [0.15, 0.2) is 0 Å². The van der Waals surface area contributed by atoms with Gasteiger partial charge < -0.3 is 15.4 Å². The molecule has 142 valence electrons. The Hall–Kier alpha value is -2.82. The largest absolute Gasteiger partial charge is 0.469 e. The number of benzene rings is 2. The highest BCUT2D eigenvalue weighted by Crippen LogP contribution is 2.39. The summed E-state index contributed by atoms with van der Waals surface area (Å²) in [6.45, 7) is 1.88. The zero-order valence-electron chi connectivity index (χ0n) is 15.6. The van der Waals surface area contributed by atoms with E-state index in [0.717, 1.165) is 37.2 Å². The standard InChI is InChI=1S/C22H26N2O3/c1-27-22(26)20(19(21(23)25)16-10-4-2-5-11-16)17-12-6-7-13-18(17)24-14-8-3-9-15-24/h2,4-7,10-13,19-20H,3,8-9,14-15H2,1H3,(H2,23,25). The van der Waals surface area contributed by atoms with Crippen molar-refractivity contribution in [1.82, 2.24) is 0 Å². The van der Waals surface area contributed by atoms with Crippen molar-refractivity contribution in [3.8, 4) is 0 Å². The molecule has 0 saturated carbocycles. The van der Waals surface area contributed by atoms with E-state index in [2.05, 4.69) is 4.90 Å². The Kier molecular flexibility index (Phi) is 6.12. The van der Waals surface area contributed by atoms with Crippen LogP contribution in [-0.4, -0.2) is 32.1 Å². The zero-order valence-corrected chi connectivity index (χ0v) is 15.6. The van der Waals surface area contributed by atoms with Crippen LogP contribution in [0.5, 0.6) is 0 Å². The van der Waals surface area contributed by atoms with Crippen molar-refractivity contribution in [1.29, 1.82) is 0 Å². The van der Waals surface area contributed by atoms with Gasteiger partial charge in [0, 0.05) is 18.8 Å². The first kappa shape index (κ1) is 19.0. The fourth-order valence-corrected chi connectivity index (χ4v) is 3.92. The molecule has 2 N–H and O–H groups in total. The Morgan fingerprint density at radius 3 is 2.19 bits per heavy atom. The summed E-state index contributed by atoms with van der Waals surface area (Å²) < 4.78 is 5.10. The van der Waals surface area contributed by atoms with Crippen LogP contribution in [0, 0.1) is 0 Å². The Bertz CT molecular complexity index is 785. The van der Waals surface area contributed by atoms with Crippen molar-refractivity contribution in [2.24, 2.45) is 5.73 Å². The molecule has 2 unspecified atom stereocenters. The lowest BCUT2D eigenvalue weighted by Crippen LogP contribution is -2.35. The molecule has 1 amide bonds. The number of hydrogen-bond donors (Lipinski definition) is 1. The molecule has 0 spiro atoms. The molecule has 2 aromatic carbocycles. The number of carbonyl (C=O) groups is 2. The SMILES string of the molecule is COC(=O)C(c1ccccc1N1CCCCC1)C(C(N)=O)c1ccccc1. The molecule has 27 heavy (non-hydrogen) atoms. The lowest BCUT2D eigenvalue weighted by molar-refractivity contribution is -0.144. The molecule has 5 heteroatoms. The molecule has 0 radical (unpaired) electrons. The van der Waals surface area contributed by atoms with Crippen LogP contribution in [0.25, 0.3) is 0 Å². The van der Waals surface area contributed by atoms with Crippen molar-refractivity contribution in [2.75, 3.05) is 25.1 Å². The molecule has 2 aromatic rings. The highest BCUT2D eigenvalue weighted by atomic mass is 16.5. The summed E-state index contributed by atoms with van der Waals surface area (Å²) in [4.78, 5) is 27.5. The third-order valence-electron chi connectivity index (χ3n) is 5.22. The summed E-state index contributed by atoms with van der Waals surface area (Å²) >= 11 is 0. The number of nitrogens with zero attached hydrogens (tertiary/aromatic N) is 1. The van der Waals surface area contributed by atoms with Gasteiger partial charge in [0.1, 0.15) is 0 Å². The maximum atomic E-state index is 12.8. The summed E-state index contributed by atoms with van der Waals surface area (Å²) in [6.07, 6.45) is 3.46. The van der Waals surface area contributed by atoms with E-state index >= 15 is 0 Å². The highest BCUT2D eigenvalue weighted by molar-refractivity contribution is 5.93. The van der Waals surface area contributed by atoms with Gasteiger partial charge in [0.2, 0.25) is 5.91 Å². The summed E-state index contributed by atoms with van der Waals surface area (Å²) in [6, 6.07) is 17.0. The van der Waals surface area contributed by atoms with Crippen molar-refractivity contribution >= 4 is 17.6 Å². The Morgan fingerprint density at radius 2 is 1.56 bits per heavy atom. The third kappa shape index (κ3) is 4.13. The molecule has 1 aliphatic rings. The first-order valence-electron chi connectivity index (χ1n) is 9.39. The van der Waals surface area contributed by atoms with Gasteiger partial charge in [0.25, 0.3) is 0 Å². The second-order valence-corrected chi connectivity index (χ2v) is 6.90. The zero-order chi connectivity index (χ0) is 19.2. The van der Waals surface area contributed by atoms with E-state index in [9.17, 15) is 9.59 Å². The van der Waals surface area contributed by atoms with E-state index in [-0.39, 0.29) is 0 Å². The second kappa shape index (κ2) is 8.71. The van der Waals surface area contributed by atoms with E-state index in [1.165, 1.54) is 13.5 Å². The predicted octanol–water partition coefficient (Wildman–Crippen LogP) is 3.20. The van der Waals surface area contributed by atoms with E-state index in [1.54, 1.807) is 0 Å². The monoisotopic (exact) mass is 366 g/mol. The highest BCUT2D eigenvalue weighted by Gasteiger charge is 2.38. The fraction of sp³-hybridized carbons (Fsp3) is 0.364. The summed E-state index contributed by atoms with van der Waals surface area (Å²) in [5, 5.41) is 0. The minimum atomic E-state index is -0.787. The van der Waals surface area contributed by atoms with Crippen LogP contribution in [0.2, 0.25) is 0 Å². The number of rotatable bonds is 6. The molecule has 5 nitrogen and oxygen atoms in total. The van der Waals surface area contributed by atoms with E-state index < -0.39 is 23.7 Å². The number of piperidine rings is 1. The van der Waals surface area contributed by atoms with E-state index in [0.29, 0.717) is 5.56 Å². The van der Waals surface area contributed by atoms with Crippen LogP contribution in [0.1, 0.15) is 42.2 Å². The number of nitrogens with two attached hydrogens (primary N) is 1. The van der Waals surface area contributed by atoms with Gasteiger partial charge in [-0.2, -0.15) is 0 Å². The number of methoxy groups -OCH3 is 1. The van der Waals surface area contributed by atoms with Gasteiger partial charge in [-0.15, -0.1) is 0 Å². The number of anilines is 1. The molecule has 0 bridgehead atoms. The summed E-state index contributed by atoms with van der Waals surface area (Å²) in [5.41, 5.74) is 8.26. The first-order chi connectivity index (χ1) is 13.1. The number of hydrogen-bond acceptors (Lipinski definition) is 4. The fourth-order valence-electron chi connectivity index (χ4n) is 3.92. The molecule has 1 aliphatic heterocycles. The molecule has 1 heterocycles. The van der Waals surface area contributed by atoms with Gasteiger partial charge >= 0.3 is 5.97 Å². The topological polar surface area (TPSA) is 72.6 Å². The average Bonchev–Trinajstić information content (AvgIpc) is 2.72. The number of ether oxygens (including phenoxy) is 1. The van der Waals surface area contributed by atoms with Crippen LogP contribution >= 0.6 is 0 Å². The predicted molar refractivity (Wildman–Crippen MR) is 106 cm³/mol. The maximum absolute atomic E-state index is 12.8. The lowest BCUT2D eigenvalue weighted by atomic mass is 9.80. The molecule has 1 fully saturated rings. The lowest BCUT2D eigenvalue weighted by Gasteiger charge is -2.33. The molecule has 0 aliphatic carbocycles. The number of amides is 1. The quantitative estimate of drug-likeness (QED) is 0.797. The molecule has 3 rings (SSSR count).